The molecule has 0 spiro atoms. The molecule has 294 valence electrons. The third-order valence-electron chi connectivity index (χ3n) is 8.33. The highest BCUT2D eigenvalue weighted by molar-refractivity contribution is 7.14. The molecule has 0 bridgehead atoms. The molecule has 0 atom stereocenters. The normalized spacial score (nSPS) is 11.6. The monoisotopic (exact) mass is 816 g/mol. The summed E-state index contributed by atoms with van der Waals surface area (Å²) in [6.45, 7) is 10.4. The number of aryl methyl sites for hydroxylation is 6. The first-order valence-electron chi connectivity index (χ1n) is 18.2. The van der Waals surface area contributed by atoms with Gasteiger partial charge in [-0.15, -0.1) is 45.3 Å². The molecule has 54 heavy (non-hydrogen) atoms. The third kappa shape index (κ3) is 16.2. The average molecular weight is 817 g/mol. The molecule has 12 nitrogen and oxygen atoms in total. The van der Waals surface area contributed by atoms with Gasteiger partial charge in [0.2, 0.25) is 11.8 Å². The number of ether oxygens (including phenoxy) is 2. The zero-order chi connectivity index (χ0) is 39.1. The van der Waals surface area contributed by atoms with E-state index >= 15 is 0 Å². The van der Waals surface area contributed by atoms with E-state index in [4.69, 9.17) is 9.47 Å². The van der Waals surface area contributed by atoms with Crippen LogP contribution >= 0.6 is 45.3 Å². The summed E-state index contributed by atoms with van der Waals surface area (Å²) in [6.07, 6.45) is 8.91. The SMILES string of the molecule is CC(=O)Nc1nc(CCc2cc(CCCCC(C)(C)OC(=O)NNC(=O)OC(C)(C)CCCCc3csc(CCc4csc(NC(C)=O)n4)c3)cs2)cs1. The Labute approximate surface area is 333 Å². The predicted molar refractivity (Wildman–Crippen MR) is 219 cm³/mol. The van der Waals surface area contributed by atoms with Gasteiger partial charge in [-0.3, -0.25) is 9.59 Å². The highest BCUT2D eigenvalue weighted by atomic mass is 32.1. The summed E-state index contributed by atoms with van der Waals surface area (Å²) in [7, 11) is 0. The molecule has 0 aliphatic heterocycles. The Morgan fingerprint density at radius 3 is 1.37 bits per heavy atom. The van der Waals surface area contributed by atoms with E-state index in [-0.39, 0.29) is 11.8 Å². The number of carbonyl (C=O) groups is 4. The molecular formula is C38H52N6O6S4. The van der Waals surface area contributed by atoms with Crippen molar-refractivity contribution in [1.29, 1.82) is 0 Å². The number of amides is 4. The summed E-state index contributed by atoms with van der Waals surface area (Å²) in [5.74, 6) is -0.229. The van der Waals surface area contributed by atoms with Crippen LogP contribution in [0.3, 0.4) is 0 Å². The minimum absolute atomic E-state index is 0.114. The zero-order valence-electron chi connectivity index (χ0n) is 31.9. The van der Waals surface area contributed by atoms with Crippen LogP contribution in [0.15, 0.2) is 33.7 Å². The first-order valence-corrected chi connectivity index (χ1v) is 21.7. The second-order valence-electron chi connectivity index (χ2n) is 14.5. The van der Waals surface area contributed by atoms with E-state index in [1.807, 2.05) is 38.5 Å². The lowest BCUT2D eigenvalue weighted by atomic mass is 9.99. The van der Waals surface area contributed by atoms with Crippen LogP contribution in [0.4, 0.5) is 19.9 Å². The first kappa shape index (κ1) is 42.9. The highest BCUT2D eigenvalue weighted by Gasteiger charge is 2.25. The molecule has 0 unspecified atom stereocenters. The number of nitrogens with one attached hydrogen (secondary N) is 4. The Balaban J connectivity index is 1.04. The number of thiophene rings is 2. The Bertz CT molecular complexity index is 1700. The van der Waals surface area contributed by atoms with Gasteiger partial charge in [0.25, 0.3) is 0 Å². The Kier molecular flexibility index (Phi) is 16.4. The molecule has 4 N–H and O–H groups in total. The number of carbonyl (C=O) groups excluding carboxylic acids is 4. The largest absolute Gasteiger partial charge is 0.442 e. The van der Waals surface area contributed by atoms with E-state index in [1.54, 1.807) is 22.7 Å². The molecule has 0 fully saturated rings. The van der Waals surface area contributed by atoms with Gasteiger partial charge in [0, 0.05) is 34.4 Å². The standard InChI is InChI=1S/C38H52N6O6S4/c1-25(45)39-33-41-29(23-53-33)13-15-31-19-27(21-51-31)11-7-9-17-37(3,4)49-35(47)43-44-36(48)50-38(5,6)18-10-8-12-28-20-32(52-22-28)16-14-30-24-54-34(42-30)40-26(2)46/h19-24H,7-18H2,1-6H3,(H,43,47)(H,44,48)(H,39,41,45)(H,40,42,46). The zero-order valence-corrected chi connectivity index (χ0v) is 35.2. The van der Waals surface area contributed by atoms with Crippen LogP contribution in [0.5, 0.6) is 0 Å². The molecule has 4 amide bonds. The van der Waals surface area contributed by atoms with Crippen LogP contribution < -0.4 is 21.5 Å². The number of aromatic nitrogens is 2. The van der Waals surface area contributed by atoms with Crippen LogP contribution in [0.1, 0.15) is 112 Å². The van der Waals surface area contributed by atoms with Gasteiger partial charge in [-0.1, -0.05) is 0 Å². The van der Waals surface area contributed by atoms with Crippen LogP contribution in [-0.2, 0) is 57.6 Å². The van der Waals surface area contributed by atoms with Crippen molar-refractivity contribution in [2.75, 3.05) is 10.6 Å². The molecule has 0 aliphatic rings. The van der Waals surface area contributed by atoms with Gasteiger partial charge < -0.3 is 20.1 Å². The maximum atomic E-state index is 12.5. The van der Waals surface area contributed by atoms with Gasteiger partial charge in [0.05, 0.1) is 11.4 Å². The first-order chi connectivity index (χ1) is 25.6. The van der Waals surface area contributed by atoms with Gasteiger partial charge in [-0.25, -0.2) is 30.4 Å². The Hall–Kier alpha value is -3.86. The lowest BCUT2D eigenvalue weighted by molar-refractivity contribution is -0.115. The van der Waals surface area contributed by atoms with Crippen molar-refractivity contribution in [1.82, 2.24) is 20.8 Å². The van der Waals surface area contributed by atoms with E-state index < -0.39 is 23.4 Å². The topological polar surface area (TPSA) is 161 Å². The van der Waals surface area contributed by atoms with Crippen molar-refractivity contribution in [3.8, 4) is 0 Å². The number of rotatable bonds is 20. The number of hydrazine groups is 1. The summed E-state index contributed by atoms with van der Waals surface area (Å²) in [5, 5.41) is 15.1. The Morgan fingerprint density at radius 1 is 0.574 bits per heavy atom. The molecule has 4 aromatic heterocycles. The summed E-state index contributed by atoms with van der Waals surface area (Å²) in [5.41, 5.74) is 7.76. The number of anilines is 2. The number of thiazole rings is 2. The van der Waals surface area contributed by atoms with Gasteiger partial charge in [0.15, 0.2) is 10.3 Å². The smallest absolute Gasteiger partial charge is 0.426 e. The Morgan fingerprint density at radius 2 is 0.981 bits per heavy atom. The van der Waals surface area contributed by atoms with Crippen molar-refractivity contribution in [2.24, 2.45) is 0 Å². The van der Waals surface area contributed by atoms with E-state index in [0.29, 0.717) is 23.1 Å². The molecule has 0 aliphatic carbocycles. The second kappa shape index (κ2) is 20.7. The van der Waals surface area contributed by atoms with Crippen LogP contribution in [0.2, 0.25) is 0 Å². The lowest BCUT2D eigenvalue weighted by Crippen LogP contribution is -2.47. The fourth-order valence-electron chi connectivity index (χ4n) is 5.66. The lowest BCUT2D eigenvalue weighted by Gasteiger charge is -2.27. The summed E-state index contributed by atoms with van der Waals surface area (Å²) < 4.78 is 11.2. The van der Waals surface area contributed by atoms with Crippen molar-refractivity contribution in [2.45, 2.75) is 130 Å². The number of hydrogen-bond acceptors (Lipinski definition) is 12. The van der Waals surface area contributed by atoms with Gasteiger partial charge in [-0.05, 0) is 139 Å². The molecule has 4 aromatic rings. The van der Waals surface area contributed by atoms with Crippen molar-refractivity contribution in [3.05, 3.63) is 65.9 Å². The second-order valence-corrected chi connectivity index (χ2v) is 18.2. The summed E-state index contributed by atoms with van der Waals surface area (Å²) >= 11 is 6.39. The maximum Gasteiger partial charge on any atom is 0.426 e. The van der Waals surface area contributed by atoms with E-state index in [9.17, 15) is 19.2 Å². The van der Waals surface area contributed by atoms with Crippen molar-refractivity contribution >= 4 is 79.6 Å². The third-order valence-corrected chi connectivity index (χ3v) is 12.0. The molecule has 0 radical (unpaired) electrons. The van der Waals surface area contributed by atoms with Crippen molar-refractivity contribution < 1.29 is 28.7 Å². The number of unbranched alkanes of at least 4 members (excludes halogenated alkanes) is 2. The quantitative estimate of drug-likeness (QED) is 0.0507. The van der Waals surface area contributed by atoms with Gasteiger partial charge >= 0.3 is 12.2 Å². The molecule has 4 heterocycles. The number of hydrogen-bond donors (Lipinski definition) is 4. The summed E-state index contributed by atoms with van der Waals surface area (Å²) in [4.78, 5) is 58.9. The minimum atomic E-state index is -0.738. The van der Waals surface area contributed by atoms with Crippen LogP contribution in [0, 0.1) is 0 Å². The van der Waals surface area contributed by atoms with Gasteiger partial charge in [-0.2, -0.15) is 0 Å². The fourth-order valence-corrected chi connectivity index (χ4v) is 9.09. The molecule has 0 saturated heterocycles. The predicted octanol–water partition coefficient (Wildman–Crippen LogP) is 9.26. The van der Waals surface area contributed by atoms with E-state index in [1.165, 1.54) is 57.4 Å². The number of nitrogens with zero attached hydrogens (tertiary/aromatic N) is 2. The minimum Gasteiger partial charge on any atom is -0.442 e. The maximum absolute atomic E-state index is 12.5. The van der Waals surface area contributed by atoms with Gasteiger partial charge in [0.1, 0.15) is 11.2 Å². The molecule has 16 heteroatoms. The van der Waals surface area contributed by atoms with E-state index in [0.717, 1.165) is 75.6 Å². The molecule has 0 saturated carbocycles. The molecule has 4 rings (SSSR count). The molecular weight excluding hydrogens is 765 g/mol. The van der Waals surface area contributed by atoms with Crippen LogP contribution in [0.25, 0.3) is 0 Å². The fraction of sp³-hybridized carbons (Fsp3) is 0.526. The molecule has 0 aromatic carbocycles. The summed E-state index contributed by atoms with van der Waals surface area (Å²) in [6, 6.07) is 4.49. The van der Waals surface area contributed by atoms with Crippen molar-refractivity contribution in [3.63, 3.8) is 0 Å². The average Bonchev–Trinajstić information content (AvgIpc) is 3.90. The van der Waals surface area contributed by atoms with E-state index in [2.05, 4.69) is 54.3 Å². The van der Waals surface area contributed by atoms with Crippen LogP contribution in [-0.4, -0.2) is 45.2 Å². The highest BCUT2D eigenvalue weighted by Crippen LogP contribution is 2.25.